The Morgan fingerprint density at radius 2 is 2.15 bits per heavy atom. The third-order valence-corrected chi connectivity index (χ3v) is 2.90. The van der Waals surface area contributed by atoms with Crippen LogP contribution in [0.4, 0.5) is 0 Å². The number of hydrogen-bond acceptors (Lipinski definition) is 5. The maximum atomic E-state index is 5.71. The van der Waals surface area contributed by atoms with Crippen LogP contribution in [0.1, 0.15) is 30.8 Å². The van der Waals surface area contributed by atoms with E-state index in [9.17, 15) is 0 Å². The molecule has 1 N–H and O–H groups in total. The van der Waals surface area contributed by atoms with Gasteiger partial charge in [-0.25, -0.2) is 4.63 Å². The minimum absolute atomic E-state index is 0.373. The molecular formula is C15H21N3O2. The van der Waals surface area contributed by atoms with Crippen molar-refractivity contribution in [3.8, 4) is 5.75 Å². The fraction of sp³-hybridized carbons (Fsp3) is 0.467. The van der Waals surface area contributed by atoms with Gasteiger partial charge in [0.15, 0.2) is 0 Å². The van der Waals surface area contributed by atoms with Crippen molar-refractivity contribution in [2.75, 3.05) is 6.54 Å². The average molecular weight is 275 g/mol. The van der Waals surface area contributed by atoms with Gasteiger partial charge in [-0.2, -0.15) is 0 Å². The second-order valence-electron chi connectivity index (χ2n) is 5.26. The quantitative estimate of drug-likeness (QED) is 0.842. The molecule has 1 heterocycles. The van der Waals surface area contributed by atoms with E-state index >= 15 is 0 Å². The summed E-state index contributed by atoms with van der Waals surface area (Å²) in [5.74, 6) is 1.48. The van der Waals surface area contributed by atoms with E-state index < -0.39 is 0 Å². The van der Waals surface area contributed by atoms with Gasteiger partial charge in [0, 0.05) is 6.54 Å². The highest BCUT2D eigenvalue weighted by Gasteiger charge is 2.06. The van der Waals surface area contributed by atoms with E-state index in [-0.39, 0.29) is 0 Å². The number of aryl methyl sites for hydroxylation is 1. The van der Waals surface area contributed by atoms with Crippen molar-refractivity contribution in [1.82, 2.24) is 15.6 Å². The molecule has 0 atom stereocenters. The van der Waals surface area contributed by atoms with Gasteiger partial charge in [0.25, 0.3) is 0 Å². The molecule has 0 saturated carbocycles. The summed E-state index contributed by atoms with van der Waals surface area (Å²) in [6.07, 6.45) is 0. The normalized spacial score (nSPS) is 11.0. The number of aromatic nitrogens is 2. The Kier molecular flexibility index (Phi) is 5.12. The second-order valence-corrected chi connectivity index (χ2v) is 5.26. The van der Waals surface area contributed by atoms with Crippen molar-refractivity contribution in [2.45, 2.75) is 33.9 Å². The first-order valence-electron chi connectivity index (χ1n) is 6.85. The van der Waals surface area contributed by atoms with Crippen LogP contribution in [0.3, 0.4) is 0 Å². The molecule has 0 spiro atoms. The highest BCUT2D eigenvalue weighted by atomic mass is 16.6. The number of hydrogen-bond donors (Lipinski definition) is 1. The Bertz CT molecular complexity index is 537. The fourth-order valence-electron chi connectivity index (χ4n) is 1.78. The molecular weight excluding hydrogens is 254 g/mol. The highest BCUT2D eigenvalue weighted by Crippen LogP contribution is 2.15. The van der Waals surface area contributed by atoms with E-state index in [0.717, 1.165) is 30.2 Å². The number of rotatable bonds is 7. The molecule has 5 heteroatoms. The molecule has 0 aliphatic rings. The predicted octanol–water partition coefficient (Wildman–Crippen LogP) is 2.70. The largest absolute Gasteiger partial charge is 0.487 e. The number of nitrogens with one attached hydrogen (secondary N) is 1. The number of nitrogens with zero attached hydrogens (tertiary/aromatic N) is 2. The average Bonchev–Trinajstić information content (AvgIpc) is 2.82. The summed E-state index contributed by atoms with van der Waals surface area (Å²) in [5, 5.41) is 10.9. The van der Waals surface area contributed by atoms with Gasteiger partial charge in [0.1, 0.15) is 23.7 Å². The zero-order valence-electron chi connectivity index (χ0n) is 12.2. The van der Waals surface area contributed by atoms with E-state index in [2.05, 4.69) is 40.2 Å². The van der Waals surface area contributed by atoms with Crippen molar-refractivity contribution < 1.29 is 9.37 Å². The molecule has 0 fully saturated rings. The monoisotopic (exact) mass is 275 g/mol. The van der Waals surface area contributed by atoms with Gasteiger partial charge in [0.05, 0.1) is 0 Å². The predicted molar refractivity (Wildman–Crippen MR) is 76.4 cm³/mol. The molecule has 0 radical (unpaired) electrons. The molecule has 1 aromatic carbocycles. The summed E-state index contributed by atoms with van der Waals surface area (Å²) in [6, 6.07) is 8.06. The van der Waals surface area contributed by atoms with E-state index in [1.165, 1.54) is 5.56 Å². The molecule has 0 unspecified atom stereocenters. The van der Waals surface area contributed by atoms with Crippen LogP contribution >= 0.6 is 0 Å². The summed E-state index contributed by atoms with van der Waals surface area (Å²) in [7, 11) is 0. The van der Waals surface area contributed by atoms with Crippen LogP contribution in [0, 0.1) is 12.8 Å². The van der Waals surface area contributed by atoms with Gasteiger partial charge in [-0.15, -0.1) is 0 Å². The van der Waals surface area contributed by atoms with Crippen molar-refractivity contribution in [3.63, 3.8) is 0 Å². The Labute approximate surface area is 119 Å². The maximum Gasteiger partial charge on any atom is 0.145 e. The number of benzene rings is 1. The van der Waals surface area contributed by atoms with Crippen LogP contribution in [0.5, 0.6) is 5.75 Å². The standard InChI is InChI=1S/C15H21N3O2/c1-11(2)8-16-9-13-5-4-6-14(7-13)19-10-15-12(3)17-20-18-15/h4-7,11,16H,8-10H2,1-3H3. The van der Waals surface area contributed by atoms with Crippen molar-refractivity contribution in [2.24, 2.45) is 5.92 Å². The lowest BCUT2D eigenvalue weighted by Crippen LogP contribution is -2.18. The molecule has 0 saturated heterocycles. The molecule has 0 aliphatic carbocycles. The van der Waals surface area contributed by atoms with Crippen LogP contribution in [-0.2, 0) is 13.2 Å². The minimum atomic E-state index is 0.373. The summed E-state index contributed by atoms with van der Waals surface area (Å²) >= 11 is 0. The van der Waals surface area contributed by atoms with E-state index in [1.54, 1.807) is 0 Å². The van der Waals surface area contributed by atoms with E-state index in [0.29, 0.717) is 12.5 Å². The van der Waals surface area contributed by atoms with Gasteiger partial charge in [-0.05, 0) is 37.1 Å². The topological polar surface area (TPSA) is 60.2 Å². The molecule has 0 aliphatic heterocycles. The van der Waals surface area contributed by atoms with Gasteiger partial charge >= 0.3 is 0 Å². The molecule has 0 amide bonds. The van der Waals surface area contributed by atoms with E-state index in [4.69, 9.17) is 4.74 Å². The lowest BCUT2D eigenvalue weighted by atomic mass is 10.2. The second kappa shape index (κ2) is 7.05. The summed E-state index contributed by atoms with van der Waals surface area (Å²) in [4.78, 5) is 0. The Hall–Kier alpha value is -1.88. The Balaban J connectivity index is 1.87. The molecule has 20 heavy (non-hydrogen) atoms. The third-order valence-electron chi connectivity index (χ3n) is 2.90. The third kappa shape index (κ3) is 4.35. The van der Waals surface area contributed by atoms with Gasteiger partial charge in [-0.3, -0.25) is 0 Å². The van der Waals surface area contributed by atoms with Crippen LogP contribution in [-0.4, -0.2) is 16.9 Å². The fourth-order valence-corrected chi connectivity index (χ4v) is 1.78. The SMILES string of the molecule is Cc1nonc1COc1cccc(CNCC(C)C)c1. The molecule has 0 bridgehead atoms. The highest BCUT2D eigenvalue weighted by molar-refractivity contribution is 5.28. The first-order valence-corrected chi connectivity index (χ1v) is 6.85. The van der Waals surface area contributed by atoms with Crippen LogP contribution in [0.25, 0.3) is 0 Å². The lowest BCUT2D eigenvalue weighted by molar-refractivity contribution is 0.270. The minimum Gasteiger partial charge on any atom is -0.487 e. The Morgan fingerprint density at radius 1 is 1.30 bits per heavy atom. The van der Waals surface area contributed by atoms with Crippen molar-refractivity contribution in [3.05, 3.63) is 41.2 Å². The van der Waals surface area contributed by atoms with E-state index in [1.807, 2.05) is 25.1 Å². The van der Waals surface area contributed by atoms with Crippen molar-refractivity contribution >= 4 is 0 Å². The van der Waals surface area contributed by atoms with Crippen molar-refractivity contribution in [1.29, 1.82) is 0 Å². The smallest absolute Gasteiger partial charge is 0.145 e. The maximum absolute atomic E-state index is 5.71. The zero-order valence-corrected chi connectivity index (χ0v) is 12.2. The van der Waals surface area contributed by atoms with Crippen LogP contribution < -0.4 is 10.1 Å². The van der Waals surface area contributed by atoms with Crippen LogP contribution in [0.15, 0.2) is 28.9 Å². The summed E-state index contributed by atoms with van der Waals surface area (Å²) in [5.41, 5.74) is 2.70. The number of ether oxygens (including phenoxy) is 1. The first-order chi connectivity index (χ1) is 9.65. The molecule has 2 aromatic rings. The lowest BCUT2D eigenvalue weighted by Gasteiger charge is -2.09. The molecule has 2 rings (SSSR count). The molecule has 5 nitrogen and oxygen atoms in total. The van der Waals surface area contributed by atoms with Gasteiger partial charge in [-0.1, -0.05) is 36.3 Å². The molecule has 108 valence electrons. The zero-order chi connectivity index (χ0) is 14.4. The van der Waals surface area contributed by atoms with Gasteiger partial charge < -0.3 is 10.1 Å². The van der Waals surface area contributed by atoms with Crippen LogP contribution in [0.2, 0.25) is 0 Å². The first kappa shape index (κ1) is 14.5. The summed E-state index contributed by atoms with van der Waals surface area (Å²) < 4.78 is 10.4. The Morgan fingerprint density at radius 3 is 2.85 bits per heavy atom. The summed E-state index contributed by atoms with van der Waals surface area (Å²) in [6.45, 7) is 8.47. The molecule has 1 aromatic heterocycles. The van der Waals surface area contributed by atoms with Gasteiger partial charge in [0.2, 0.25) is 0 Å².